The van der Waals surface area contributed by atoms with E-state index < -0.39 is 10.0 Å². The molecule has 0 unspecified atom stereocenters. The average Bonchev–Trinajstić information content (AvgIpc) is 3.16. The minimum Gasteiger partial charge on any atom is -0.354 e. The molecule has 10 nitrogen and oxygen atoms in total. The summed E-state index contributed by atoms with van der Waals surface area (Å²) in [5, 5.41) is 13.3. The van der Waals surface area contributed by atoms with Crippen molar-refractivity contribution >= 4 is 21.5 Å². The lowest BCUT2D eigenvalue weighted by Gasteiger charge is -2.40. The van der Waals surface area contributed by atoms with Gasteiger partial charge in [-0.3, -0.25) is 0 Å². The first kappa shape index (κ1) is 18.5. The Hall–Kier alpha value is -2.53. The summed E-state index contributed by atoms with van der Waals surface area (Å²) < 4.78 is 31.1. The van der Waals surface area contributed by atoms with Crippen LogP contribution in [0.2, 0.25) is 0 Å². The van der Waals surface area contributed by atoms with Crippen LogP contribution in [0, 0.1) is 12.8 Å². The number of fused-ring (bicyclic) bond motifs is 1. The maximum atomic E-state index is 12.4. The number of nitrogens with one attached hydrogen (secondary N) is 1. The third-order valence-corrected chi connectivity index (χ3v) is 7.24. The van der Waals surface area contributed by atoms with Gasteiger partial charge in [0, 0.05) is 44.7 Å². The van der Waals surface area contributed by atoms with Crippen molar-refractivity contribution in [1.29, 1.82) is 0 Å². The quantitative estimate of drug-likeness (QED) is 0.634. The van der Waals surface area contributed by atoms with E-state index in [4.69, 9.17) is 5.10 Å². The minimum atomic E-state index is -3.59. The molecule has 0 aromatic carbocycles. The van der Waals surface area contributed by atoms with Gasteiger partial charge < -0.3 is 9.47 Å². The Labute approximate surface area is 169 Å². The second-order valence-corrected chi connectivity index (χ2v) is 9.72. The number of aryl methyl sites for hydroxylation is 2. The fraction of sp³-hybridized carbons (Fsp3) is 0.556. The fourth-order valence-corrected chi connectivity index (χ4v) is 4.88. The van der Waals surface area contributed by atoms with Crippen LogP contribution in [0.25, 0.3) is 5.65 Å². The standard InChI is InChI=1S/C18H24N8O2S/c1-12-20-17(11-24(12)2)29(27,28)19-8-13-9-25(10-13)16-7-6-15-21-22-18(26(15)23-16)14-4-3-5-14/h6-7,11,13-14,19H,3-5,8-10H2,1-2H3. The first-order chi connectivity index (χ1) is 13.9. The molecule has 1 saturated heterocycles. The first-order valence-electron chi connectivity index (χ1n) is 9.87. The van der Waals surface area contributed by atoms with E-state index in [1.165, 1.54) is 12.6 Å². The summed E-state index contributed by atoms with van der Waals surface area (Å²) in [5.74, 6) is 3.18. The highest BCUT2D eigenvalue weighted by Crippen LogP contribution is 2.35. The Morgan fingerprint density at radius 2 is 2.00 bits per heavy atom. The van der Waals surface area contributed by atoms with Crippen molar-refractivity contribution in [3.8, 4) is 0 Å². The number of imidazole rings is 1. The van der Waals surface area contributed by atoms with Gasteiger partial charge in [-0.05, 0) is 31.9 Å². The van der Waals surface area contributed by atoms with Gasteiger partial charge in [0.15, 0.2) is 16.5 Å². The zero-order valence-electron chi connectivity index (χ0n) is 16.5. The lowest BCUT2D eigenvalue weighted by Crippen LogP contribution is -2.52. The van der Waals surface area contributed by atoms with Crippen LogP contribution in [0.5, 0.6) is 0 Å². The van der Waals surface area contributed by atoms with Gasteiger partial charge in [0.05, 0.1) is 0 Å². The summed E-state index contributed by atoms with van der Waals surface area (Å²) >= 11 is 0. The molecule has 0 spiro atoms. The predicted octanol–water partition coefficient (Wildman–Crippen LogP) is 0.848. The Morgan fingerprint density at radius 3 is 2.66 bits per heavy atom. The van der Waals surface area contributed by atoms with Crippen LogP contribution in [-0.4, -0.2) is 57.4 Å². The lowest BCUT2D eigenvalue weighted by molar-refractivity contribution is 0.390. The van der Waals surface area contributed by atoms with Crippen LogP contribution in [0.15, 0.2) is 23.4 Å². The van der Waals surface area contributed by atoms with Crippen molar-refractivity contribution in [3.05, 3.63) is 30.0 Å². The molecule has 3 aromatic heterocycles. The number of nitrogens with zero attached hydrogens (tertiary/aromatic N) is 7. The third kappa shape index (κ3) is 3.27. The molecule has 3 aromatic rings. The smallest absolute Gasteiger partial charge is 0.259 e. The topological polar surface area (TPSA) is 110 Å². The number of hydrogen-bond acceptors (Lipinski definition) is 7. The Morgan fingerprint density at radius 1 is 1.21 bits per heavy atom. The van der Waals surface area contributed by atoms with Crippen LogP contribution < -0.4 is 9.62 Å². The van der Waals surface area contributed by atoms with Crippen LogP contribution in [0.1, 0.15) is 36.8 Å². The molecule has 5 rings (SSSR count). The molecule has 11 heteroatoms. The third-order valence-electron chi connectivity index (χ3n) is 5.95. The van der Waals surface area contributed by atoms with Gasteiger partial charge in [-0.15, -0.1) is 15.3 Å². The van der Waals surface area contributed by atoms with Crippen LogP contribution >= 0.6 is 0 Å². The fourth-order valence-electron chi connectivity index (χ4n) is 3.73. The van der Waals surface area contributed by atoms with Gasteiger partial charge in [-0.25, -0.2) is 18.1 Å². The van der Waals surface area contributed by atoms with Crippen molar-refractivity contribution in [2.45, 2.75) is 37.1 Å². The highest BCUT2D eigenvalue weighted by Gasteiger charge is 2.31. The summed E-state index contributed by atoms with van der Waals surface area (Å²) in [4.78, 5) is 6.25. The van der Waals surface area contributed by atoms with Gasteiger partial charge in [0.1, 0.15) is 11.6 Å². The maximum absolute atomic E-state index is 12.4. The molecular formula is C18H24N8O2S. The molecule has 4 heterocycles. The maximum Gasteiger partial charge on any atom is 0.259 e. The number of hydrogen-bond donors (Lipinski definition) is 1. The van der Waals surface area contributed by atoms with Crippen molar-refractivity contribution in [3.63, 3.8) is 0 Å². The van der Waals surface area contributed by atoms with E-state index in [1.54, 1.807) is 18.5 Å². The Balaban J connectivity index is 1.22. The molecule has 154 valence electrons. The molecule has 0 radical (unpaired) electrons. The molecule has 0 bridgehead atoms. The van der Waals surface area contributed by atoms with Crippen LogP contribution in [0.3, 0.4) is 0 Å². The highest BCUT2D eigenvalue weighted by molar-refractivity contribution is 7.89. The van der Waals surface area contributed by atoms with Gasteiger partial charge in [0.2, 0.25) is 0 Å². The SMILES string of the molecule is Cc1nc(S(=O)(=O)NCC2CN(c3ccc4nnc(C5CCC5)n4n3)C2)cn1C. The molecule has 0 amide bonds. The van der Waals surface area contributed by atoms with Crippen molar-refractivity contribution < 1.29 is 8.42 Å². The summed E-state index contributed by atoms with van der Waals surface area (Å²) in [6, 6.07) is 3.89. The molecule has 1 saturated carbocycles. The van der Waals surface area contributed by atoms with Crippen LogP contribution in [0.4, 0.5) is 5.82 Å². The Bertz CT molecular complexity index is 1140. The van der Waals surface area contributed by atoms with E-state index in [0.29, 0.717) is 18.3 Å². The highest BCUT2D eigenvalue weighted by atomic mass is 32.2. The number of anilines is 1. The summed E-state index contributed by atoms with van der Waals surface area (Å²) in [5.41, 5.74) is 0.770. The number of aromatic nitrogens is 6. The van der Waals surface area contributed by atoms with Crippen molar-refractivity contribution in [1.82, 2.24) is 34.1 Å². The Kier molecular flexibility index (Phi) is 4.32. The van der Waals surface area contributed by atoms with Gasteiger partial charge in [-0.1, -0.05) is 6.42 Å². The van der Waals surface area contributed by atoms with E-state index in [1.807, 2.05) is 16.6 Å². The number of rotatable bonds is 6. The molecule has 1 aliphatic heterocycles. The summed E-state index contributed by atoms with van der Waals surface area (Å²) in [6.07, 6.45) is 5.06. The van der Waals surface area contributed by atoms with Gasteiger partial charge in [0.25, 0.3) is 10.0 Å². The zero-order valence-corrected chi connectivity index (χ0v) is 17.3. The van der Waals surface area contributed by atoms with E-state index in [9.17, 15) is 8.42 Å². The largest absolute Gasteiger partial charge is 0.354 e. The molecular weight excluding hydrogens is 392 g/mol. The molecule has 29 heavy (non-hydrogen) atoms. The molecule has 2 fully saturated rings. The molecule has 1 N–H and O–H groups in total. The normalized spacial score (nSPS) is 18.2. The zero-order chi connectivity index (χ0) is 20.2. The molecule has 2 aliphatic rings. The van der Waals surface area contributed by atoms with E-state index in [-0.39, 0.29) is 10.9 Å². The van der Waals surface area contributed by atoms with Crippen molar-refractivity contribution in [2.24, 2.45) is 13.0 Å². The van der Waals surface area contributed by atoms with E-state index in [0.717, 1.165) is 43.2 Å². The van der Waals surface area contributed by atoms with Gasteiger partial charge in [-0.2, -0.15) is 4.52 Å². The minimum absolute atomic E-state index is 0.0666. The van der Waals surface area contributed by atoms with E-state index in [2.05, 4.69) is 24.8 Å². The molecule has 1 aliphatic carbocycles. The second kappa shape index (κ2) is 6.77. The average molecular weight is 417 g/mol. The van der Waals surface area contributed by atoms with E-state index >= 15 is 0 Å². The lowest BCUT2D eigenvalue weighted by atomic mass is 9.85. The van der Waals surface area contributed by atoms with Gasteiger partial charge >= 0.3 is 0 Å². The first-order valence-corrected chi connectivity index (χ1v) is 11.4. The second-order valence-electron chi connectivity index (χ2n) is 8.01. The van der Waals surface area contributed by atoms with Crippen molar-refractivity contribution in [2.75, 3.05) is 24.5 Å². The predicted molar refractivity (Wildman–Crippen MR) is 106 cm³/mol. The summed E-state index contributed by atoms with van der Waals surface area (Å²) in [7, 11) is -1.81. The molecule has 0 atom stereocenters. The monoisotopic (exact) mass is 416 g/mol. The van der Waals surface area contributed by atoms with Crippen LogP contribution in [-0.2, 0) is 17.1 Å². The number of sulfonamides is 1. The summed E-state index contributed by atoms with van der Waals surface area (Å²) in [6.45, 7) is 3.67.